The van der Waals surface area contributed by atoms with Gasteiger partial charge in [0.05, 0.1) is 6.61 Å². The van der Waals surface area contributed by atoms with Crippen molar-refractivity contribution in [1.82, 2.24) is 5.32 Å². The van der Waals surface area contributed by atoms with Gasteiger partial charge in [0.2, 0.25) is 0 Å². The fourth-order valence-electron chi connectivity index (χ4n) is 3.23. The van der Waals surface area contributed by atoms with Crippen molar-refractivity contribution in [2.45, 2.75) is 26.3 Å². The number of benzene rings is 2. The molecule has 0 unspecified atom stereocenters. The molecule has 3 nitrogen and oxygen atoms in total. The third-order valence-electron chi connectivity index (χ3n) is 4.78. The molecule has 0 bridgehead atoms. The monoisotopic (exact) mass is 343 g/mol. The van der Waals surface area contributed by atoms with Crippen LogP contribution < -0.4 is 10.1 Å². The molecule has 25 heavy (non-hydrogen) atoms. The maximum Gasteiger partial charge on any atom is 0.127 e. The molecule has 2 aromatic carbocycles. The van der Waals surface area contributed by atoms with E-state index in [2.05, 4.69) is 24.4 Å². The van der Waals surface area contributed by atoms with E-state index >= 15 is 0 Å². The molecule has 1 saturated heterocycles. The van der Waals surface area contributed by atoms with E-state index in [1.54, 1.807) is 12.1 Å². The van der Waals surface area contributed by atoms with Gasteiger partial charge < -0.3 is 14.8 Å². The molecule has 1 N–H and O–H groups in total. The quantitative estimate of drug-likeness (QED) is 0.847. The fraction of sp³-hybridized carbons (Fsp3) is 0.429. The van der Waals surface area contributed by atoms with Crippen LogP contribution in [0.25, 0.3) is 11.1 Å². The Balaban J connectivity index is 1.82. The summed E-state index contributed by atoms with van der Waals surface area (Å²) >= 11 is 0. The molecular formula is C21H26FNO2. The molecule has 0 amide bonds. The van der Waals surface area contributed by atoms with Crippen LogP contribution in [0.2, 0.25) is 0 Å². The molecule has 1 fully saturated rings. The highest BCUT2D eigenvalue weighted by Gasteiger charge is 2.16. The van der Waals surface area contributed by atoms with Crippen LogP contribution >= 0.6 is 0 Å². The van der Waals surface area contributed by atoms with E-state index in [0.717, 1.165) is 49.5 Å². The second kappa shape index (κ2) is 8.45. The summed E-state index contributed by atoms with van der Waals surface area (Å²) < 4.78 is 25.3. The lowest BCUT2D eigenvalue weighted by atomic mass is 9.98. The Morgan fingerprint density at radius 2 is 1.96 bits per heavy atom. The Kier molecular flexibility index (Phi) is 6.05. The third kappa shape index (κ3) is 4.59. The highest BCUT2D eigenvalue weighted by molar-refractivity contribution is 5.71. The van der Waals surface area contributed by atoms with Gasteiger partial charge in [-0.05, 0) is 67.6 Å². The molecule has 1 aliphatic rings. The van der Waals surface area contributed by atoms with Gasteiger partial charge in [-0.15, -0.1) is 0 Å². The summed E-state index contributed by atoms with van der Waals surface area (Å²) in [6.45, 7) is 5.16. The first kappa shape index (κ1) is 17.9. The molecule has 4 heteroatoms. The molecule has 0 spiro atoms. The van der Waals surface area contributed by atoms with Gasteiger partial charge in [0, 0.05) is 25.3 Å². The van der Waals surface area contributed by atoms with Crippen LogP contribution in [0.4, 0.5) is 4.39 Å². The number of nitrogens with one attached hydrogen (secondary N) is 1. The smallest absolute Gasteiger partial charge is 0.127 e. The van der Waals surface area contributed by atoms with Crippen LogP contribution in [0.3, 0.4) is 0 Å². The molecule has 0 saturated carbocycles. The molecule has 2 aromatic rings. The molecule has 0 aliphatic carbocycles. The zero-order valence-corrected chi connectivity index (χ0v) is 15.0. The Morgan fingerprint density at radius 3 is 2.68 bits per heavy atom. The van der Waals surface area contributed by atoms with Gasteiger partial charge in [-0.2, -0.15) is 0 Å². The standard InChI is InChI=1S/C21H26FNO2/c1-15-11-17(3-4-18(15)13-23-2)20-12-19(22)5-6-21(20)25-14-16-7-9-24-10-8-16/h3-6,11-12,16,23H,7-10,13-14H2,1-2H3. The lowest BCUT2D eigenvalue weighted by molar-refractivity contribution is 0.0498. The average Bonchev–Trinajstić information content (AvgIpc) is 2.63. The summed E-state index contributed by atoms with van der Waals surface area (Å²) in [5.74, 6) is 1.01. The van der Waals surface area contributed by atoms with Crippen molar-refractivity contribution < 1.29 is 13.9 Å². The predicted octanol–water partition coefficient (Wildman–Crippen LogP) is 4.33. The molecule has 1 heterocycles. The van der Waals surface area contributed by atoms with E-state index in [9.17, 15) is 4.39 Å². The van der Waals surface area contributed by atoms with Crippen LogP contribution in [0.5, 0.6) is 5.75 Å². The zero-order chi connectivity index (χ0) is 17.6. The van der Waals surface area contributed by atoms with Crippen LogP contribution in [0, 0.1) is 18.7 Å². The first-order chi connectivity index (χ1) is 12.2. The lowest BCUT2D eigenvalue weighted by Crippen LogP contribution is -2.21. The summed E-state index contributed by atoms with van der Waals surface area (Å²) in [6, 6.07) is 11.0. The van der Waals surface area contributed by atoms with E-state index in [0.29, 0.717) is 12.5 Å². The van der Waals surface area contributed by atoms with Gasteiger partial charge >= 0.3 is 0 Å². The van der Waals surface area contributed by atoms with Crippen LogP contribution in [-0.2, 0) is 11.3 Å². The molecule has 3 rings (SSSR count). The second-order valence-electron chi connectivity index (χ2n) is 6.68. The number of halogens is 1. The lowest BCUT2D eigenvalue weighted by Gasteiger charge is -2.23. The Labute approximate surface area is 149 Å². The SMILES string of the molecule is CNCc1ccc(-c2cc(F)ccc2OCC2CCOCC2)cc1C. The van der Waals surface area contributed by atoms with Gasteiger partial charge in [-0.1, -0.05) is 18.2 Å². The predicted molar refractivity (Wildman–Crippen MR) is 98.4 cm³/mol. The summed E-state index contributed by atoms with van der Waals surface area (Å²) in [7, 11) is 1.93. The first-order valence-corrected chi connectivity index (χ1v) is 8.92. The Hall–Kier alpha value is -1.91. The first-order valence-electron chi connectivity index (χ1n) is 8.92. The van der Waals surface area contributed by atoms with Gasteiger partial charge in [0.15, 0.2) is 0 Å². The average molecular weight is 343 g/mol. The van der Waals surface area contributed by atoms with Crippen molar-refractivity contribution in [1.29, 1.82) is 0 Å². The van der Waals surface area contributed by atoms with E-state index in [-0.39, 0.29) is 5.82 Å². The molecule has 1 aliphatic heterocycles. The Morgan fingerprint density at radius 1 is 1.16 bits per heavy atom. The molecule has 134 valence electrons. The summed E-state index contributed by atoms with van der Waals surface area (Å²) in [6.07, 6.45) is 2.04. The van der Waals surface area contributed by atoms with Crippen LogP contribution in [0.1, 0.15) is 24.0 Å². The zero-order valence-electron chi connectivity index (χ0n) is 15.0. The molecule has 0 atom stereocenters. The fourth-order valence-corrected chi connectivity index (χ4v) is 3.23. The van der Waals surface area contributed by atoms with Crippen LogP contribution in [0.15, 0.2) is 36.4 Å². The minimum atomic E-state index is -0.245. The molecule has 0 radical (unpaired) electrons. The second-order valence-corrected chi connectivity index (χ2v) is 6.68. The number of hydrogen-bond acceptors (Lipinski definition) is 3. The van der Waals surface area contributed by atoms with E-state index in [1.165, 1.54) is 17.2 Å². The summed E-state index contributed by atoms with van der Waals surface area (Å²) in [5, 5.41) is 3.17. The minimum Gasteiger partial charge on any atom is -0.493 e. The maximum atomic E-state index is 13.8. The molecular weight excluding hydrogens is 317 g/mol. The third-order valence-corrected chi connectivity index (χ3v) is 4.78. The maximum absolute atomic E-state index is 13.8. The van der Waals surface area contributed by atoms with Gasteiger partial charge in [-0.3, -0.25) is 0 Å². The Bertz CT molecular complexity index is 711. The largest absolute Gasteiger partial charge is 0.493 e. The normalized spacial score (nSPS) is 15.3. The number of aryl methyl sites for hydroxylation is 1. The van der Waals surface area contributed by atoms with Crippen molar-refractivity contribution in [2.24, 2.45) is 5.92 Å². The minimum absolute atomic E-state index is 0.245. The van der Waals surface area contributed by atoms with Crippen molar-refractivity contribution in [3.63, 3.8) is 0 Å². The van der Waals surface area contributed by atoms with Crippen molar-refractivity contribution in [3.05, 3.63) is 53.3 Å². The topological polar surface area (TPSA) is 30.5 Å². The summed E-state index contributed by atoms with van der Waals surface area (Å²) in [5.41, 5.74) is 4.23. The van der Waals surface area contributed by atoms with Gasteiger partial charge in [-0.25, -0.2) is 4.39 Å². The van der Waals surface area contributed by atoms with Crippen molar-refractivity contribution in [3.8, 4) is 16.9 Å². The van der Waals surface area contributed by atoms with Crippen molar-refractivity contribution >= 4 is 0 Å². The number of hydrogen-bond donors (Lipinski definition) is 1. The van der Waals surface area contributed by atoms with E-state index < -0.39 is 0 Å². The van der Waals surface area contributed by atoms with Crippen LogP contribution in [-0.4, -0.2) is 26.9 Å². The van der Waals surface area contributed by atoms with Gasteiger partial charge in [0.1, 0.15) is 11.6 Å². The van der Waals surface area contributed by atoms with E-state index in [1.807, 2.05) is 13.1 Å². The number of ether oxygens (including phenoxy) is 2. The van der Waals surface area contributed by atoms with Crippen molar-refractivity contribution in [2.75, 3.05) is 26.9 Å². The number of rotatable bonds is 6. The summed E-state index contributed by atoms with van der Waals surface area (Å²) in [4.78, 5) is 0. The molecule has 0 aromatic heterocycles. The van der Waals surface area contributed by atoms with Gasteiger partial charge in [0.25, 0.3) is 0 Å². The highest BCUT2D eigenvalue weighted by atomic mass is 19.1. The van der Waals surface area contributed by atoms with E-state index in [4.69, 9.17) is 9.47 Å². The highest BCUT2D eigenvalue weighted by Crippen LogP contribution is 2.33.